The third-order valence-corrected chi connectivity index (χ3v) is 2.57. The van der Waals surface area contributed by atoms with Crippen molar-refractivity contribution in [2.75, 3.05) is 11.1 Å². The van der Waals surface area contributed by atoms with Crippen LogP contribution in [0.5, 0.6) is 5.75 Å². The molecule has 0 atom stereocenters. The van der Waals surface area contributed by atoms with Crippen molar-refractivity contribution in [1.29, 1.82) is 0 Å². The van der Waals surface area contributed by atoms with Gasteiger partial charge in [-0.05, 0) is 36.4 Å². The summed E-state index contributed by atoms with van der Waals surface area (Å²) in [7, 11) is 0. The van der Waals surface area contributed by atoms with Crippen molar-refractivity contribution in [2.24, 2.45) is 0 Å². The van der Waals surface area contributed by atoms with Gasteiger partial charge in [-0.15, -0.1) is 6.42 Å². The van der Waals surface area contributed by atoms with Crippen molar-refractivity contribution < 1.29 is 9.90 Å². The molecular weight excluding hydrogens is 240 g/mol. The van der Waals surface area contributed by atoms with E-state index in [1.807, 2.05) is 0 Å². The quantitative estimate of drug-likeness (QED) is 0.436. The van der Waals surface area contributed by atoms with E-state index in [2.05, 4.69) is 11.2 Å². The lowest BCUT2D eigenvalue weighted by molar-refractivity contribution is 0.102. The Hall–Kier alpha value is -2.93. The molecule has 0 aliphatic rings. The molecule has 0 heterocycles. The summed E-state index contributed by atoms with van der Waals surface area (Å²) in [5.41, 5.74) is 7.45. The summed E-state index contributed by atoms with van der Waals surface area (Å²) in [6.45, 7) is 0. The lowest BCUT2D eigenvalue weighted by Crippen LogP contribution is -2.14. The minimum Gasteiger partial charge on any atom is -0.508 e. The predicted molar refractivity (Wildman–Crippen MR) is 74.8 cm³/mol. The second-order valence-corrected chi connectivity index (χ2v) is 3.95. The molecule has 0 aromatic heterocycles. The summed E-state index contributed by atoms with van der Waals surface area (Å²) in [6, 6.07) is 11.1. The van der Waals surface area contributed by atoms with Gasteiger partial charge >= 0.3 is 0 Å². The Bertz CT molecular complexity index is 672. The van der Waals surface area contributed by atoms with Gasteiger partial charge in [0.2, 0.25) is 0 Å². The third kappa shape index (κ3) is 2.85. The zero-order valence-corrected chi connectivity index (χ0v) is 10.1. The minimum absolute atomic E-state index is 0.0169. The molecular formula is C15H12N2O2. The average molecular weight is 252 g/mol. The number of nitrogens with one attached hydrogen (secondary N) is 1. The maximum Gasteiger partial charge on any atom is 0.257 e. The summed E-state index contributed by atoms with van der Waals surface area (Å²) in [5.74, 6) is 2.07. The van der Waals surface area contributed by atoms with Crippen LogP contribution < -0.4 is 11.1 Å². The summed E-state index contributed by atoms with van der Waals surface area (Å²) in [5, 5.41) is 12.0. The number of hydrogen-bond acceptors (Lipinski definition) is 3. The van der Waals surface area contributed by atoms with Gasteiger partial charge in [-0.1, -0.05) is 12.0 Å². The van der Waals surface area contributed by atoms with Gasteiger partial charge in [-0.3, -0.25) is 4.79 Å². The van der Waals surface area contributed by atoms with Crippen LogP contribution in [-0.2, 0) is 0 Å². The van der Waals surface area contributed by atoms with E-state index in [9.17, 15) is 9.90 Å². The highest BCUT2D eigenvalue weighted by molar-refractivity contribution is 6.08. The van der Waals surface area contributed by atoms with Crippen molar-refractivity contribution in [3.63, 3.8) is 0 Å². The van der Waals surface area contributed by atoms with Crippen molar-refractivity contribution >= 4 is 17.3 Å². The fourth-order valence-electron chi connectivity index (χ4n) is 1.63. The molecule has 1 amide bonds. The van der Waals surface area contributed by atoms with Gasteiger partial charge in [0.25, 0.3) is 5.91 Å². The standard InChI is InChI=1S/C15H12N2O2/c1-2-10-4-3-5-11(8-10)17-15(19)13-9-12(18)6-7-14(13)16/h1,3-9,18H,16H2,(H,17,19). The molecule has 0 spiro atoms. The summed E-state index contributed by atoms with van der Waals surface area (Å²) >= 11 is 0. The SMILES string of the molecule is C#Cc1cccc(NC(=O)c2cc(O)ccc2N)c1. The third-order valence-electron chi connectivity index (χ3n) is 2.57. The van der Waals surface area contributed by atoms with Gasteiger partial charge in [0.15, 0.2) is 0 Å². The van der Waals surface area contributed by atoms with Crippen molar-refractivity contribution in [3.8, 4) is 18.1 Å². The monoisotopic (exact) mass is 252 g/mol. The number of carbonyl (C=O) groups excluding carboxylic acids is 1. The van der Waals surface area contributed by atoms with Crippen LogP contribution in [-0.4, -0.2) is 11.0 Å². The first-order chi connectivity index (χ1) is 9.10. The van der Waals surface area contributed by atoms with E-state index in [0.717, 1.165) is 0 Å². The average Bonchev–Trinajstić information content (AvgIpc) is 2.41. The second-order valence-electron chi connectivity index (χ2n) is 3.95. The van der Waals surface area contributed by atoms with E-state index in [0.29, 0.717) is 16.9 Å². The van der Waals surface area contributed by atoms with E-state index in [1.165, 1.54) is 18.2 Å². The van der Waals surface area contributed by atoms with Gasteiger partial charge in [-0.25, -0.2) is 0 Å². The number of benzene rings is 2. The molecule has 4 nitrogen and oxygen atoms in total. The fourth-order valence-corrected chi connectivity index (χ4v) is 1.63. The largest absolute Gasteiger partial charge is 0.508 e. The number of rotatable bonds is 2. The maximum atomic E-state index is 12.0. The molecule has 2 aromatic rings. The number of anilines is 2. The minimum atomic E-state index is -0.400. The number of phenols is 1. The van der Waals surface area contributed by atoms with Crippen LogP contribution in [0.2, 0.25) is 0 Å². The number of phenolic OH excluding ortho intramolecular Hbond substituents is 1. The highest BCUT2D eigenvalue weighted by Gasteiger charge is 2.11. The molecule has 2 rings (SSSR count). The van der Waals surface area contributed by atoms with Gasteiger partial charge < -0.3 is 16.2 Å². The van der Waals surface area contributed by atoms with Gasteiger partial charge in [-0.2, -0.15) is 0 Å². The predicted octanol–water partition coefficient (Wildman–Crippen LogP) is 2.21. The van der Waals surface area contributed by atoms with Crippen LogP contribution in [0, 0.1) is 12.3 Å². The first kappa shape index (κ1) is 12.5. The molecule has 0 aliphatic carbocycles. The maximum absolute atomic E-state index is 12.0. The number of nitrogens with two attached hydrogens (primary N) is 1. The smallest absolute Gasteiger partial charge is 0.257 e. The number of amides is 1. The van der Waals surface area contributed by atoms with E-state index >= 15 is 0 Å². The fraction of sp³-hybridized carbons (Fsp3) is 0. The molecule has 0 radical (unpaired) electrons. The number of aromatic hydroxyl groups is 1. The van der Waals surface area contributed by atoms with E-state index in [4.69, 9.17) is 12.2 Å². The summed E-state index contributed by atoms with van der Waals surface area (Å²) in [4.78, 5) is 12.0. The van der Waals surface area contributed by atoms with Crippen LogP contribution >= 0.6 is 0 Å². The van der Waals surface area contributed by atoms with Crippen LogP contribution in [0.1, 0.15) is 15.9 Å². The molecule has 4 N–H and O–H groups in total. The Labute approximate surface area is 110 Å². The van der Waals surface area contributed by atoms with Crippen LogP contribution in [0.4, 0.5) is 11.4 Å². The van der Waals surface area contributed by atoms with Crippen LogP contribution in [0.15, 0.2) is 42.5 Å². The molecule has 0 unspecified atom stereocenters. The highest BCUT2D eigenvalue weighted by atomic mass is 16.3. The van der Waals surface area contributed by atoms with Crippen LogP contribution in [0.25, 0.3) is 0 Å². The first-order valence-corrected chi connectivity index (χ1v) is 5.56. The Kier molecular flexibility index (Phi) is 3.39. The van der Waals surface area contributed by atoms with E-state index in [-0.39, 0.29) is 11.3 Å². The van der Waals surface area contributed by atoms with Crippen molar-refractivity contribution in [1.82, 2.24) is 0 Å². The number of terminal acetylenes is 1. The Morgan fingerprint density at radius 2 is 2.05 bits per heavy atom. The topological polar surface area (TPSA) is 75.3 Å². The van der Waals surface area contributed by atoms with Gasteiger partial charge in [0, 0.05) is 16.9 Å². The highest BCUT2D eigenvalue weighted by Crippen LogP contribution is 2.20. The second kappa shape index (κ2) is 5.15. The molecule has 0 saturated heterocycles. The summed E-state index contributed by atoms with van der Waals surface area (Å²) < 4.78 is 0. The Balaban J connectivity index is 2.26. The van der Waals surface area contributed by atoms with E-state index in [1.54, 1.807) is 24.3 Å². The molecule has 0 fully saturated rings. The molecule has 19 heavy (non-hydrogen) atoms. The zero-order chi connectivity index (χ0) is 13.8. The molecule has 0 aliphatic heterocycles. The molecule has 0 bridgehead atoms. The van der Waals surface area contributed by atoms with Gasteiger partial charge in [0.1, 0.15) is 5.75 Å². The molecule has 4 heteroatoms. The Morgan fingerprint density at radius 1 is 1.26 bits per heavy atom. The van der Waals surface area contributed by atoms with Gasteiger partial charge in [0.05, 0.1) is 5.56 Å². The van der Waals surface area contributed by atoms with Crippen molar-refractivity contribution in [3.05, 3.63) is 53.6 Å². The molecule has 94 valence electrons. The summed E-state index contributed by atoms with van der Waals surface area (Å²) in [6.07, 6.45) is 5.29. The lowest BCUT2D eigenvalue weighted by atomic mass is 10.1. The lowest BCUT2D eigenvalue weighted by Gasteiger charge is -2.08. The van der Waals surface area contributed by atoms with E-state index < -0.39 is 5.91 Å². The molecule has 0 saturated carbocycles. The first-order valence-electron chi connectivity index (χ1n) is 5.56. The number of hydrogen-bond donors (Lipinski definition) is 3. The number of carbonyl (C=O) groups is 1. The molecule has 2 aromatic carbocycles. The normalized spacial score (nSPS) is 9.63. The van der Waals surface area contributed by atoms with Crippen molar-refractivity contribution in [2.45, 2.75) is 0 Å². The Morgan fingerprint density at radius 3 is 2.79 bits per heavy atom. The van der Waals surface area contributed by atoms with Crippen LogP contribution in [0.3, 0.4) is 0 Å². The number of nitrogen functional groups attached to an aromatic ring is 1. The zero-order valence-electron chi connectivity index (χ0n) is 10.1.